The summed E-state index contributed by atoms with van der Waals surface area (Å²) in [5, 5.41) is 4.44. The van der Waals surface area contributed by atoms with E-state index in [4.69, 9.17) is 9.47 Å². The molecule has 3 heteroatoms. The fourth-order valence-electron chi connectivity index (χ4n) is 1.25. The Morgan fingerprint density at radius 1 is 0.889 bits per heavy atom. The van der Waals surface area contributed by atoms with Crippen molar-refractivity contribution in [1.29, 1.82) is 0 Å². The zero-order valence-corrected chi connectivity index (χ0v) is 5.25. The Hall–Kier alpha value is -0.120. The van der Waals surface area contributed by atoms with Crippen LogP contribution >= 0.6 is 0 Å². The first-order valence-corrected chi connectivity index (χ1v) is 3.30. The van der Waals surface area contributed by atoms with E-state index >= 15 is 0 Å². The van der Waals surface area contributed by atoms with Gasteiger partial charge in [0.1, 0.15) is 0 Å². The second-order valence-electron chi connectivity index (χ2n) is 2.53. The highest BCUT2D eigenvalue weighted by Crippen LogP contribution is 2.08. The van der Waals surface area contributed by atoms with Crippen molar-refractivity contribution in [3.63, 3.8) is 0 Å². The SMILES string of the molecule is C1OCC2COCC1[N]2. The van der Waals surface area contributed by atoms with Crippen LogP contribution in [0.2, 0.25) is 0 Å². The molecule has 0 amide bonds. The monoisotopic (exact) mass is 128 g/mol. The van der Waals surface area contributed by atoms with Gasteiger partial charge in [0.25, 0.3) is 0 Å². The van der Waals surface area contributed by atoms with Crippen LogP contribution in [0.1, 0.15) is 0 Å². The third-order valence-corrected chi connectivity index (χ3v) is 1.66. The minimum absolute atomic E-state index is 0.331. The lowest BCUT2D eigenvalue weighted by atomic mass is 10.2. The van der Waals surface area contributed by atoms with E-state index in [1.54, 1.807) is 0 Å². The second kappa shape index (κ2) is 2.25. The van der Waals surface area contributed by atoms with Crippen LogP contribution in [0.5, 0.6) is 0 Å². The van der Waals surface area contributed by atoms with Crippen molar-refractivity contribution >= 4 is 0 Å². The summed E-state index contributed by atoms with van der Waals surface area (Å²) in [6.45, 7) is 3.04. The minimum atomic E-state index is 0.331. The predicted octanol–water partition coefficient (Wildman–Crippen LogP) is -0.612. The lowest BCUT2D eigenvalue weighted by Gasteiger charge is -2.33. The highest BCUT2D eigenvalue weighted by Gasteiger charge is 2.27. The number of hydrogen-bond donors (Lipinski definition) is 0. The fourth-order valence-corrected chi connectivity index (χ4v) is 1.25. The van der Waals surface area contributed by atoms with Gasteiger partial charge in [-0.3, -0.25) is 0 Å². The molecular weight excluding hydrogens is 118 g/mol. The Morgan fingerprint density at radius 3 is 1.67 bits per heavy atom. The number of fused-ring (bicyclic) bond motifs is 2. The minimum Gasteiger partial charge on any atom is -0.378 e. The summed E-state index contributed by atoms with van der Waals surface area (Å²) >= 11 is 0. The van der Waals surface area contributed by atoms with E-state index in [2.05, 4.69) is 5.32 Å². The van der Waals surface area contributed by atoms with Gasteiger partial charge in [-0.1, -0.05) is 0 Å². The zero-order chi connectivity index (χ0) is 6.10. The summed E-state index contributed by atoms with van der Waals surface area (Å²) in [6, 6.07) is 0.662. The number of ether oxygens (including phenoxy) is 2. The summed E-state index contributed by atoms with van der Waals surface area (Å²) in [6.07, 6.45) is 0. The zero-order valence-electron chi connectivity index (χ0n) is 5.25. The fraction of sp³-hybridized carbons (Fsp3) is 1.00. The maximum Gasteiger partial charge on any atom is 0.0718 e. The van der Waals surface area contributed by atoms with Crippen LogP contribution in [-0.2, 0) is 9.47 Å². The topological polar surface area (TPSA) is 32.6 Å². The molecule has 0 aromatic rings. The molecule has 0 aromatic carbocycles. The van der Waals surface area contributed by atoms with Gasteiger partial charge in [0, 0.05) is 0 Å². The van der Waals surface area contributed by atoms with Gasteiger partial charge >= 0.3 is 0 Å². The molecular formula is C6H10NO2. The van der Waals surface area contributed by atoms with Crippen molar-refractivity contribution in [3.05, 3.63) is 0 Å². The summed E-state index contributed by atoms with van der Waals surface area (Å²) in [7, 11) is 0. The van der Waals surface area contributed by atoms with Gasteiger partial charge in [-0.25, -0.2) is 5.32 Å². The van der Waals surface area contributed by atoms with Gasteiger partial charge in [-0.2, -0.15) is 0 Å². The van der Waals surface area contributed by atoms with Crippen LogP contribution in [0, 0.1) is 0 Å². The molecule has 0 N–H and O–H groups in total. The highest BCUT2D eigenvalue weighted by atomic mass is 16.5. The largest absolute Gasteiger partial charge is 0.378 e. The molecule has 0 aromatic heterocycles. The van der Waals surface area contributed by atoms with Gasteiger partial charge < -0.3 is 9.47 Å². The van der Waals surface area contributed by atoms with Gasteiger partial charge in [0.2, 0.25) is 0 Å². The normalized spacial score (nSPS) is 42.7. The van der Waals surface area contributed by atoms with Crippen LogP contribution in [0.15, 0.2) is 0 Å². The molecule has 1 radical (unpaired) electrons. The van der Waals surface area contributed by atoms with Crippen molar-refractivity contribution in [1.82, 2.24) is 5.32 Å². The third-order valence-electron chi connectivity index (χ3n) is 1.66. The molecule has 0 aliphatic carbocycles. The predicted molar refractivity (Wildman–Crippen MR) is 31.3 cm³/mol. The molecule has 3 nitrogen and oxygen atoms in total. The number of hydrogen-bond acceptors (Lipinski definition) is 2. The van der Waals surface area contributed by atoms with Gasteiger partial charge in [-0.15, -0.1) is 0 Å². The molecule has 2 rings (SSSR count). The molecule has 51 valence electrons. The lowest BCUT2D eigenvalue weighted by molar-refractivity contribution is -0.0583. The summed E-state index contributed by atoms with van der Waals surface area (Å²) in [5.41, 5.74) is 0. The molecule has 0 unspecified atom stereocenters. The average Bonchev–Trinajstić information content (AvgIpc) is 1.88. The van der Waals surface area contributed by atoms with Crippen LogP contribution < -0.4 is 5.32 Å². The van der Waals surface area contributed by atoms with Crippen molar-refractivity contribution in [2.45, 2.75) is 12.1 Å². The Balaban J connectivity index is 1.96. The second-order valence-corrected chi connectivity index (χ2v) is 2.53. The molecule has 9 heavy (non-hydrogen) atoms. The van der Waals surface area contributed by atoms with Crippen molar-refractivity contribution in [2.75, 3.05) is 26.4 Å². The van der Waals surface area contributed by atoms with E-state index in [1.165, 1.54) is 0 Å². The molecule has 2 aliphatic heterocycles. The maximum atomic E-state index is 5.26. The highest BCUT2D eigenvalue weighted by molar-refractivity contribution is 4.81. The summed E-state index contributed by atoms with van der Waals surface area (Å²) in [5.74, 6) is 0. The Bertz CT molecular complexity index is 87.2. The third kappa shape index (κ3) is 1.08. The Labute approximate surface area is 54.3 Å². The van der Waals surface area contributed by atoms with E-state index < -0.39 is 0 Å². The first-order chi connectivity index (χ1) is 4.45. The van der Waals surface area contributed by atoms with Gasteiger partial charge in [-0.05, 0) is 0 Å². The molecule has 0 saturated carbocycles. The number of morpholine rings is 2. The van der Waals surface area contributed by atoms with E-state index in [1.807, 2.05) is 0 Å². The average molecular weight is 128 g/mol. The molecule has 2 bridgehead atoms. The van der Waals surface area contributed by atoms with E-state index in [9.17, 15) is 0 Å². The summed E-state index contributed by atoms with van der Waals surface area (Å²) < 4.78 is 10.5. The van der Waals surface area contributed by atoms with Gasteiger partial charge in [0.15, 0.2) is 0 Å². The van der Waals surface area contributed by atoms with E-state index in [0.717, 1.165) is 26.4 Å². The van der Waals surface area contributed by atoms with Gasteiger partial charge in [0.05, 0.1) is 38.5 Å². The van der Waals surface area contributed by atoms with Crippen LogP contribution in [0.4, 0.5) is 0 Å². The Morgan fingerprint density at radius 2 is 1.33 bits per heavy atom. The molecule has 2 fully saturated rings. The quantitative estimate of drug-likeness (QED) is 0.436. The smallest absolute Gasteiger partial charge is 0.0718 e. The van der Waals surface area contributed by atoms with Crippen molar-refractivity contribution in [3.8, 4) is 0 Å². The Kier molecular flexibility index (Phi) is 1.41. The van der Waals surface area contributed by atoms with Crippen molar-refractivity contribution in [2.24, 2.45) is 0 Å². The van der Waals surface area contributed by atoms with E-state index in [0.29, 0.717) is 12.1 Å². The number of nitrogens with zero attached hydrogens (tertiary/aromatic N) is 1. The van der Waals surface area contributed by atoms with Crippen molar-refractivity contribution < 1.29 is 9.47 Å². The van der Waals surface area contributed by atoms with Crippen LogP contribution in [-0.4, -0.2) is 38.5 Å². The van der Waals surface area contributed by atoms with Crippen LogP contribution in [0.25, 0.3) is 0 Å². The van der Waals surface area contributed by atoms with Crippen LogP contribution in [0.3, 0.4) is 0 Å². The lowest BCUT2D eigenvalue weighted by Crippen LogP contribution is -2.52. The van der Waals surface area contributed by atoms with E-state index in [-0.39, 0.29) is 0 Å². The number of rotatable bonds is 0. The molecule has 0 atom stereocenters. The molecule has 2 aliphatic rings. The standard InChI is InChI=1S/C6H10NO2/c1-5-2-9-4-6(7-5)3-8-1/h5-6H,1-4H2. The first-order valence-electron chi connectivity index (χ1n) is 3.30. The molecule has 2 heterocycles. The first kappa shape index (κ1) is 5.65. The molecule has 2 saturated heterocycles. The maximum absolute atomic E-state index is 5.26. The summed E-state index contributed by atoms with van der Waals surface area (Å²) in [4.78, 5) is 0. The molecule has 0 spiro atoms.